The van der Waals surface area contributed by atoms with Crippen LogP contribution >= 0.6 is 0 Å². The molecule has 1 aliphatic heterocycles. The van der Waals surface area contributed by atoms with E-state index in [1.807, 2.05) is 0 Å². The minimum Gasteiger partial charge on any atom is -0.369 e. The monoisotopic (exact) mass is 292 g/mol. The van der Waals surface area contributed by atoms with Crippen LogP contribution in [0, 0.1) is 0 Å². The Bertz CT molecular complexity index is 280. The molecule has 0 aromatic rings. The van der Waals surface area contributed by atoms with Gasteiger partial charge in [0.2, 0.25) is 0 Å². The third-order valence-electron chi connectivity index (χ3n) is 4.29. The first kappa shape index (κ1) is 18.5. The second-order valence-electron chi connectivity index (χ2n) is 6.30. The van der Waals surface area contributed by atoms with Crippen molar-refractivity contribution in [2.24, 2.45) is 0 Å². The second-order valence-corrected chi connectivity index (χ2v) is 6.30. The van der Waals surface area contributed by atoms with E-state index in [4.69, 9.17) is 4.74 Å². The van der Waals surface area contributed by atoms with E-state index in [-0.39, 0.29) is 0 Å². The molecule has 1 saturated heterocycles. The van der Waals surface area contributed by atoms with Gasteiger partial charge >= 0.3 is 0 Å². The molecule has 0 N–H and O–H groups in total. The van der Waals surface area contributed by atoms with Crippen LogP contribution in [0.4, 0.5) is 0 Å². The molecule has 0 bridgehead atoms. The molecule has 1 heterocycles. The van der Waals surface area contributed by atoms with Gasteiger partial charge in [-0.25, -0.2) is 0 Å². The Labute approximate surface area is 132 Å². The summed E-state index contributed by atoms with van der Waals surface area (Å²) in [7, 11) is 0. The van der Waals surface area contributed by atoms with Crippen LogP contribution in [0.25, 0.3) is 0 Å². The van der Waals surface area contributed by atoms with Crippen molar-refractivity contribution in [3.8, 4) is 0 Å². The van der Waals surface area contributed by atoms with Crippen molar-refractivity contribution < 1.29 is 4.74 Å². The Morgan fingerprint density at radius 1 is 0.714 bits per heavy atom. The molecule has 0 aromatic carbocycles. The Kier molecular flexibility index (Phi) is 11.6. The van der Waals surface area contributed by atoms with Crippen molar-refractivity contribution in [1.29, 1.82) is 0 Å². The lowest BCUT2D eigenvalue weighted by molar-refractivity contribution is 0.367. The normalized spacial score (nSPS) is 21.6. The summed E-state index contributed by atoms with van der Waals surface area (Å²) in [5.41, 5.74) is 0. The van der Waals surface area contributed by atoms with E-state index in [0.717, 1.165) is 19.3 Å². The van der Waals surface area contributed by atoms with Crippen molar-refractivity contribution in [3.05, 3.63) is 24.3 Å². The average molecular weight is 293 g/mol. The Hall–Kier alpha value is -0.560. The molecule has 1 aliphatic rings. The van der Waals surface area contributed by atoms with Crippen molar-refractivity contribution in [2.75, 3.05) is 0 Å². The number of rotatable bonds is 14. The topological polar surface area (TPSA) is 12.5 Å². The minimum absolute atomic E-state index is 0.521. The largest absolute Gasteiger partial charge is 0.369 e. The Morgan fingerprint density at radius 3 is 2.05 bits per heavy atom. The molecule has 21 heavy (non-hydrogen) atoms. The van der Waals surface area contributed by atoms with Gasteiger partial charge < -0.3 is 4.74 Å². The minimum atomic E-state index is 0.521. The van der Waals surface area contributed by atoms with E-state index in [0.29, 0.717) is 12.2 Å². The van der Waals surface area contributed by atoms with Crippen LogP contribution in [0.3, 0.4) is 0 Å². The predicted octanol–water partition coefficient (Wildman–Crippen LogP) is 6.59. The van der Waals surface area contributed by atoms with Crippen LogP contribution in [-0.4, -0.2) is 12.2 Å². The molecule has 1 nitrogen and oxygen atoms in total. The standard InChI is InChI=1S/C20H36O/c1-3-5-6-7-8-9-10-11-12-13-14-15-16-17-18-20-19(4-2)21-20/h13-14,16-17,19-20H,3-12,15,18H2,1-2H3/b14-13-,17-16-. The molecular formula is C20H36O. The molecule has 0 amide bonds. The van der Waals surface area contributed by atoms with Gasteiger partial charge in [0.25, 0.3) is 0 Å². The zero-order chi connectivity index (χ0) is 15.2. The molecule has 0 radical (unpaired) electrons. The molecule has 0 spiro atoms. The van der Waals surface area contributed by atoms with Crippen molar-refractivity contribution in [1.82, 2.24) is 0 Å². The van der Waals surface area contributed by atoms with Crippen molar-refractivity contribution >= 4 is 0 Å². The molecule has 0 aromatic heterocycles. The highest BCUT2D eigenvalue weighted by molar-refractivity contribution is 4.97. The first-order valence-electron chi connectivity index (χ1n) is 9.34. The van der Waals surface area contributed by atoms with Gasteiger partial charge in [0.15, 0.2) is 0 Å². The number of epoxide rings is 1. The van der Waals surface area contributed by atoms with E-state index in [1.165, 1.54) is 57.8 Å². The third kappa shape index (κ3) is 10.8. The van der Waals surface area contributed by atoms with E-state index in [9.17, 15) is 0 Å². The summed E-state index contributed by atoms with van der Waals surface area (Å²) in [5.74, 6) is 0. The van der Waals surface area contributed by atoms with Crippen LogP contribution in [-0.2, 0) is 4.74 Å². The summed E-state index contributed by atoms with van der Waals surface area (Å²) in [6.45, 7) is 4.48. The fraction of sp³-hybridized carbons (Fsp3) is 0.800. The second kappa shape index (κ2) is 13.1. The molecule has 122 valence electrons. The first-order valence-corrected chi connectivity index (χ1v) is 9.34. The fourth-order valence-corrected chi connectivity index (χ4v) is 2.76. The Morgan fingerprint density at radius 2 is 1.38 bits per heavy atom. The Balaban J connectivity index is 1.77. The van der Waals surface area contributed by atoms with Gasteiger partial charge in [-0.05, 0) is 32.1 Å². The van der Waals surface area contributed by atoms with Gasteiger partial charge in [-0.1, -0.05) is 83.1 Å². The quantitative estimate of drug-likeness (QED) is 0.200. The number of hydrogen-bond donors (Lipinski definition) is 0. The highest BCUT2D eigenvalue weighted by Gasteiger charge is 2.35. The van der Waals surface area contributed by atoms with Crippen LogP contribution < -0.4 is 0 Å². The zero-order valence-electron chi connectivity index (χ0n) is 14.4. The van der Waals surface area contributed by atoms with E-state index in [1.54, 1.807) is 0 Å². The molecule has 0 aliphatic carbocycles. The number of allylic oxidation sites excluding steroid dienone is 3. The van der Waals surface area contributed by atoms with Crippen LogP contribution in [0.2, 0.25) is 0 Å². The van der Waals surface area contributed by atoms with Gasteiger partial charge in [-0.3, -0.25) is 0 Å². The lowest BCUT2D eigenvalue weighted by Gasteiger charge is -1.99. The molecule has 1 fully saturated rings. The van der Waals surface area contributed by atoms with E-state index >= 15 is 0 Å². The van der Waals surface area contributed by atoms with Crippen LogP contribution in [0.15, 0.2) is 24.3 Å². The smallest absolute Gasteiger partial charge is 0.0876 e. The molecule has 1 rings (SSSR count). The lowest BCUT2D eigenvalue weighted by atomic mass is 10.1. The fourth-order valence-electron chi connectivity index (χ4n) is 2.76. The van der Waals surface area contributed by atoms with Gasteiger partial charge in [-0.15, -0.1) is 0 Å². The highest BCUT2D eigenvalue weighted by Crippen LogP contribution is 2.28. The maximum atomic E-state index is 5.51. The number of hydrogen-bond acceptors (Lipinski definition) is 1. The summed E-state index contributed by atoms with van der Waals surface area (Å²) in [4.78, 5) is 0. The third-order valence-corrected chi connectivity index (χ3v) is 4.29. The summed E-state index contributed by atoms with van der Waals surface area (Å²) < 4.78 is 5.51. The number of ether oxygens (including phenoxy) is 1. The maximum Gasteiger partial charge on any atom is 0.0876 e. The van der Waals surface area contributed by atoms with E-state index in [2.05, 4.69) is 38.2 Å². The van der Waals surface area contributed by atoms with Crippen molar-refractivity contribution in [2.45, 2.75) is 103 Å². The molecule has 2 unspecified atom stereocenters. The van der Waals surface area contributed by atoms with Gasteiger partial charge in [-0.2, -0.15) is 0 Å². The lowest BCUT2D eigenvalue weighted by Crippen LogP contribution is -1.88. The van der Waals surface area contributed by atoms with Crippen LogP contribution in [0.5, 0.6) is 0 Å². The van der Waals surface area contributed by atoms with Crippen molar-refractivity contribution in [3.63, 3.8) is 0 Å². The summed E-state index contributed by atoms with van der Waals surface area (Å²) in [6, 6.07) is 0. The maximum absolute atomic E-state index is 5.51. The SMILES string of the molecule is CCCCCCCCCC/C=C\C/C=C\CC1OC1CC. The molecule has 0 saturated carbocycles. The zero-order valence-corrected chi connectivity index (χ0v) is 14.4. The van der Waals surface area contributed by atoms with Crippen LogP contribution in [0.1, 0.15) is 90.9 Å². The summed E-state index contributed by atoms with van der Waals surface area (Å²) in [6.07, 6.45) is 26.2. The summed E-state index contributed by atoms with van der Waals surface area (Å²) in [5, 5.41) is 0. The van der Waals surface area contributed by atoms with E-state index < -0.39 is 0 Å². The molecular weight excluding hydrogens is 256 g/mol. The molecule has 2 atom stereocenters. The number of unbranched alkanes of at least 4 members (excludes halogenated alkanes) is 8. The van der Waals surface area contributed by atoms with Gasteiger partial charge in [0, 0.05) is 0 Å². The first-order chi connectivity index (χ1) is 10.4. The highest BCUT2D eigenvalue weighted by atomic mass is 16.6. The van der Waals surface area contributed by atoms with Gasteiger partial charge in [0.1, 0.15) is 0 Å². The predicted molar refractivity (Wildman–Crippen MR) is 93.7 cm³/mol. The average Bonchev–Trinajstić information content (AvgIpc) is 3.26. The summed E-state index contributed by atoms with van der Waals surface area (Å²) >= 11 is 0. The van der Waals surface area contributed by atoms with Gasteiger partial charge in [0.05, 0.1) is 12.2 Å². The molecule has 1 heteroatoms.